The molecule has 3 N–H and O–H groups in total. The van der Waals surface area contributed by atoms with Crippen molar-refractivity contribution >= 4 is 17.5 Å². The lowest BCUT2D eigenvalue weighted by Gasteiger charge is -2.35. The Morgan fingerprint density at radius 2 is 2.44 bits per heavy atom. The minimum Gasteiger partial charge on any atom is -0.382 e. The number of nitrogens with two attached hydrogens (primary N) is 1. The molecule has 0 bridgehead atoms. The molecule has 2 heterocycles. The number of hydrogen-bond acceptors (Lipinski definition) is 6. The number of morpholine rings is 1. The zero-order valence-electron chi connectivity index (χ0n) is 10.3. The number of aromatic nitrogens is 2. The summed E-state index contributed by atoms with van der Waals surface area (Å²) in [4.78, 5) is 22.0. The smallest absolute Gasteiger partial charge is 0.245 e. The molecule has 0 aromatic carbocycles. The van der Waals surface area contributed by atoms with Crippen LogP contribution in [0.2, 0.25) is 0 Å². The van der Waals surface area contributed by atoms with Crippen molar-refractivity contribution in [1.82, 2.24) is 15.3 Å². The molecule has 1 atom stereocenters. The van der Waals surface area contributed by atoms with Gasteiger partial charge in [-0.15, -0.1) is 0 Å². The van der Waals surface area contributed by atoms with E-state index in [0.717, 1.165) is 0 Å². The van der Waals surface area contributed by atoms with Crippen LogP contribution in [0.15, 0.2) is 12.4 Å². The summed E-state index contributed by atoms with van der Waals surface area (Å²) in [5.41, 5.74) is 5.50. The van der Waals surface area contributed by atoms with Crippen molar-refractivity contribution in [3.8, 4) is 0 Å². The molecule has 1 unspecified atom stereocenters. The van der Waals surface area contributed by atoms with Crippen LogP contribution in [0.25, 0.3) is 0 Å². The summed E-state index contributed by atoms with van der Waals surface area (Å²) in [6.07, 6.45) is 3.06. The molecule has 1 aliphatic rings. The largest absolute Gasteiger partial charge is 0.382 e. The molecule has 0 saturated carbocycles. The first-order valence-electron chi connectivity index (χ1n) is 5.92. The molecule has 0 spiro atoms. The molecule has 1 fully saturated rings. The number of nitrogens with one attached hydrogen (secondary N) is 1. The molecule has 18 heavy (non-hydrogen) atoms. The average molecular weight is 251 g/mol. The Balaban J connectivity index is 2.17. The van der Waals surface area contributed by atoms with Gasteiger partial charge in [0.2, 0.25) is 5.91 Å². The highest BCUT2D eigenvalue weighted by atomic mass is 16.5. The Morgan fingerprint density at radius 3 is 3.11 bits per heavy atom. The second-order valence-electron chi connectivity index (χ2n) is 3.98. The number of carbonyl (C=O) groups is 1. The third-order valence-corrected chi connectivity index (χ3v) is 2.73. The third-order valence-electron chi connectivity index (χ3n) is 2.73. The summed E-state index contributed by atoms with van der Waals surface area (Å²) in [5.74, 6) is 0.946. The molecule has 1 aromatic rings. The predicted octanol–water partition coefficient (Wildman–Crippen LogP) is -0.600. The zero-order chi connectivity index (χ0) is 13.0. The lowest BCUT2D eigenvalue weighted by atomic mass is 10.2. The van der Waals surface area contributed by atoms with E-state index >= 15 is 0 Å². The molecular weight excluding hydrogens is 234 g/mol. The van der Waals surface area contributed by atoms with Crippen LogP contribution in [0.3, 0.4) is 0 Å². The highest BCUT2D eigenvalue weighted by Gasteiger charge is 2.30. The predicted molar refractivity (Wildman–Crippen MR) is 67.1 cm³/mol. The van der Waals surface area contributed by atoms with E-state index in [0.29, 0.717) is 37.9 Å². The number of anilines is 2. The van der Waals surface area contributed by atoms with Gasteiger partial charge in [0.25, 0.3) is 0 Å². The van der Waals surface area contributed by atoms with Crippen molar-refractivity contribution in [2.45, 2.75) is 13.0 Å². The van der Waals surface area contributed by atoms with Gasteiger partial charge in [-0.1, -0.05) is 0 Å². The Hall–Kier alpha value is -1.89. The van der Waals surface area contributed by atoms with Crippen LogP contribution >= 0.6 is 0 Å². The van der Waals surface area contributed by atoms with Crippen LogP contribution in [0.5, 0.6) is 0 Å². The van der Waals surface area contributed by atoms with E-state index in [4.69, 9.17) is 10.5 Å². The number of rotatable bonds is 3. The van der Waals surface area contributed by atoms with Gasteiger partial charge in [-0.2, -0.15) is 0 Å². The molecule has 1 amide bonds. The summed E-state index contributed by atoms with van der Waals surface area (Å²) < 4.78 is 5.35. The maximum atomic E-state index is 11.9. The van der Waals surface area contributed by atoms with Gasteiger partial charge >= 0.3 is 0 Å². The quantitative estimate of drug-likeness (QED) is 0.745. The fourth-order valence-electron chi connectivity index (χ4n) is 1.87. The number of nitrogen functional groups attached to an aromatic ring is 1. The molecule has 1 saturated heterocycles. The maximum absolute atomic E-state index is 11.9. The van der Waals surface area contributed by atoms with Crippen molar-refractivity contribution in [3.05, 3.63) is 12.4 Å². The second kappa shape index (κ2) is 5.63. The molecule has 7 heteroatoms. The van der Waals surface area contributed by atoms with Gasteiger partial charge in [-0.3, -0.25) is 4.79 Å². The van der Waals surface area contributed by atoms with Gasteiger partial charge < -0.3 is 20.7 Å². The van der Waals surface area contributed by atoms with Crippen LogP contribution in [-0.2, 0) is 9.53 Å². The van der Waals surface area contributed by atoms with Crippen LogP contribution in [0, 0.1) is 0 Å². The summed E-state index contributed by atoms with van der Waals surface area (Å²) >= 11 is 0. The summed E-state index contributed by atoms with van der Waals surface area (Å²) in [5, 5.41) is 2.79. The second-order valence-corrected chi connectivity index (χ2v) is 3.98. The SMILES string of the molecule is CCNC(=O)C1COCCN1c1cnc(N)cn1. The number of carbonyl (C=O) groups excluding carboxylic acids is 1. The molecule has 1 aliphatic heterocycles. The summed E-state index contributed by atoms with van der Waals surface area (Å²) in [6.45, 7) is 4.02. The van der Waals surface area contributed by atoms with Crippen LogP contribution in [0.1, 0.15) is 6.92 Å². The molecular formula is C11H17N5O2. The van der Waals surface area contributed by atoms with Gasteiger partial charge in [0, 0.05) is 13.1 Å². The van der Waals surface area contributed by atoms with E-state index in [9.17, 15) is 4.79 Å². The van der Waals surface area contributed by atoms with E-state index < -0.39 is 0 Å². The lowest BCUT2D eigenvalue weighted by Crippen LogP contribution is -2.54. The van der Waals surface area contributed by atoms with Crippen molar-refractivity contribution in [2.75, 3.05) is 36.9 Å². The molecule has 1 aromatic heterocycles. The summed E-state index contributed by atoms with van der Waals surface area (Å²) in [6, 6.07) is -0.364. The normalized spacial score (nSPS) is 19.6. The van der Waals surface area contributed by atoms with Crippen LogP contribution in [-0.4, -0.2) is 48.2 Å². The van der Waals surface area contributed by atoms with Crippen LogP contribution < -0.4 is 16.0 Å². The minimum atomic E-state index is -0.364. The van der Waals surface area contributed by atoms with Gasteiger partial charge in [0.05, 0.1) is 25.6 Å². The van der Waals surface area contributed by atoms with Gasteiger partial charge in [0.15, 0.2) is 0 Å². The van der Waals surface area contributed by atoms with Crippen molar-refractivity contribution in [2.24, 2.45) is 0 Å². The van der Waals surface area contributed by atoms with Crippen LogP contribution in [0.4, 0.5) is 11.6 Å². The number of amides is 1. The van der Waals surface area contributed by atoms with Gasteiger partial charge in [0.1, 0.15) is 17.7 Å². The zero-order valence-corrected chi connectivity index (χ0v) is 10.3. The first kappa shape index (κ1) is 12.6. The van der Waals surface area contributed by atoms with Gasteiger partial charge in [-0.25, -0.2) is 9.97 Å². The Bertz CT molecular complexity index is 408. The van der Waals surface area contributed by atoms with E-state index in [1.165, 1.54) is 6.20 Å². The highest BCUT2D eigenvalue weighted by Crippen LogP contribution is 2.16. The topological polar surface area (TPSA) is 93.4 Å². The number of hydrogen-bond donors (Lipinski definition) is 2. The lowest BCUT2D eigenvalue weighted by molar-refractivity contribution is -0.124. The molecule has 0 aliphatic carbocycles. The van der Waals surface area contributed by atoms with E-state index in [1.807, 2.05) is 11.8 Å². The first-order valence-corrected chi connectivity index (χ1v) is 5.92. The fourth-order valence-corrected chi connectivity index (χ4v) is 1.87. The highest BCUT2D eigenvalue weighted by molar-refractivity contribution is 5.85. The minimum absolute atomic E-state index is 0.0594. The Kier molecular flexibility index (Phi) is 3.93. The van der Waals surface area contributed by atoms with Gasteiger partial charge in [-0.05, 0) is 6.92 Å². The number of likely N-dealkylation sites (N-methyl/N-ethyl adjacent to an activating group) is 1. The number of nitrogens with zero attached hydrogens (tertiary/aromatic N) is 3. The standard InChI is InChI=1S/C11H17N5O2/c1-2-13-11(17)8-7-18-4-3-16(8)10-6-14-9(12)5-15-10/h5-6,8H,2-4,7H2,1H3,(H2,12,14)(H,13,17). The molecule has 2 rings (SSSR count). The van der Waals surface area contributed by atoms with E-state index in [-0.39, 0.29) is 11.9 Å². The van der Waals surface area contributed by atoms with Crippen molar-refractivity contribution < 1.29 is 9.53 Å². The maximum Gasteiger partial charge on any atom is 0.245 e. The monoisotopic (exact) mass is 251 g/mol. The molecule has 98 valence electrons. The molecule has 0 radical (unpaired) electrons. The van der Waals surface area contributed by atoms with Crippen molar-refractivity contribution in [1.29, 1.82) is 0 Å². The fraction of sp³-hybridized carbons (Fsp3) is 0.545. The Morgan fingerprint density at radius 1 is 1.61 bits per heavy atom. The van der Waals surface area contributed by atoms with E-state index in [2.05, 4.69) is 15.3 Å². The number of ether oxygens (including phenoxy) is 1. The summed E-state index contributed by atoms with van der Waals surface area (Å²) in [7, 11) is 0. The van der Waals surface area contributed by atoms with Crippen molar-refractivity contribution in [3.63, 3.8) is 0 Å². The first-order chi connectivity index (χ1) is 8.72. The third kappa shape index (κ3) is 2.67. The molecule has 7 nitrogen and oxygen atoms in total. The average Bonchev–Trinajstić information content (AvgIpc) is 2.40. The Labute approximate surface area is 105 Å². The van der Waals surface area contributed by atoms with E-state index in [1.54, 1.807) is 6.20 Å².